The molecule has 1 fully saturated rings. The zero-order valence-electron chi connectivity index (χ0n) is 13.2. The molecule has 0 saturated carbocycles. The smallest absolute Gasteiger partial charge is 0.253 e. The molecular weight excluding hydrogens is 294 g/mol. The number of carbonyl (C=O) groups is 1. The number of aromatic nitrogens is 2. The van der Waals surface area contributed by atoms with Crippen LogP contribution in [0.4, 0.5) is 0 Å². The minimum Gasteiger partial charge on any atom is -0.480 e. The van der Waals surface area contributed by atoms with Crippen molar-refractivity contribution in [3.63, 3.8) is 0 Å². The Bertz CT molecular complexity index is 688. The van der Waals surface area contributed by atoms with E-state index in [4.69, 9.17) is 9.47 Å². The topological polar surface area (TPSA) is 64.6 Å². The van der Waals surface area contributed by atoms with Crippen molar-refractivity contribution in [1.29, 1.82) is 0 Å². The molecule has 0 radical (unpaired) electrons. The average molecular weight is 313 g/mol. The highest BCUT2D eigenvalue weighted by Gasteiger charge is 2.28. The van der Waals surface area contributed by atoms with Gasteiger partial charge in [-0.2, -0.15) is 0 Å². The van der Waals surface area contributed by atoms with Crippen LogP contribution in [0.5, 0.6) is 11.8 Å². The number of likely N-dealkylation sites (tertiary alicyclic amines) is 1. The summed E-state index contributed by atoms with van der Waals surface area (Å²) in [5, 5.41) is 7.82. The summed E-state index contributed by atoms with van der Waals surface area (Å²) >= 11 is 0. The van der Waals surface area contributed by atoms with Crippen LogP contribution in [-0.4, -0.2) is 47.3 Å². The molecule has 3 rings (SSSR count). The van der Waals surface area contributed by atoms with Crippen LogP contribution in [0, 0.1) is 6.92 Å². The van der Waals surface area contributed by atoms with Crippen molar-refractivity contribution in [2.75, 3.05) is 20.2 Å². The molecule has 1 aromatic carbocycles. The first kappa shape index (κ1) is 15.3. The molecule has 6 heteroatoms. The number of rotatable bonds is 4. The fourth-order valence-electron chi connectivity index (χ4n) is 2.62. The number of methoxy groups -OCH3 is 1. The molecule has 0 N–H and O–H groups in total. The lowest BCUT2D eigenvalue weighted by molar-refractivity contribution is 0.0771. The monoisotopic (exact) mass is 313 g/mol. The summed E-state index contributed by atoms with van der Waals surface area (Å²) in [5.74, 6) is 0.932. The second-order valence-electron chi connectivity index (χ2n) is 5.56. The van der Waals surface area contributed by atoms with Gasteiger partial charge in [-0.3, -0.25) is 4.79 Å². The van der Waals surface area contributed by atoms with E-state index >= 15 is 0 Å². The molecule has 2 heterocycles. The fraction of sp³-hybridized carbons (Fsp3) is 0.353. The third kappa shape index (κ3) is 3.59. The number of amides is 1. The van der Waals surface area contributed by atoms with Gasteiger partial charge >= 0.3 is 0 Å². The molecular formula is C17H19N3O3. The van der Waals surface area contributed by atoms with Crippen LogP contribution >= 0.6 is 0 Å². The summed E-state index contributed by atoms with van der Waals surface area (Å²) in [7, 11) is 1.54. The minimum atomic E-state index is -0.0635. The Hall–Kier alpha value is -2.63. The lowest BCUT2D eigenvalue weighted by atomic mass is 10.1. The Balaban J connectivity index is 1.60. The SMILES string of the molecule is COc1ccc(OC2CCN(C(=O)c3cccc(C)c3)C2)nn1. The number of hydrogen-bond donors (Lipinski definition) is 0. The van der Waals surface area contributed by atoms with Gasteiger partial charge in [0.2, 0.25) is 11.8 Å². The molecule has 23 heavy (non-hydrogen) atoms. The zero-order chi connectivity index (χ0) is 16.2. The van der Waals surface area contributed by atoms with Crippen molar-refractivity contribution in [3.05, 3.63) is 47.5 Å². The number of carbonyl (C=O) groups excluding carboxylic acids is 1. The summed E-state index contributed by atoms with van der Waals surface area (Å²) in [4.78, 5) is 14.3. The van der Waals surface area contributed by atoms with E-state index in [0.717, 1.165) is 17.5 Å². The summed E-state index contributed by atoms with van der Waals surface area (Å²) < 4.78 is 10.8. The van der Waals surface area contributed by atoms with E-state index in [1.165, 1.54) is 7.11 Å². The number of aryl methyl sites for hydroxylation is 1. The molecule has 1 aliphatic rings. The molecule has 1 aliphatic heterocycles. The van der Waals surface area contributed by atoms with Crippen molar-refractivity contribution in [1.82, 2.24) is 15.1 Å². The zero-order valence-corrected chi connectivity index (χ0v) is 13.2. The molecule has 1 aromatic heterocycles. The largest absolute Gasteiger partial charge is 0.480 e. The quantitative estimate of drug-likeness (QED) is 0.865. The predicted octanol–water partition coefficient (Wildman–Crippen LogP) is 2.09. The van der Waals surface area contributed by atoms with Gasteiger partial charge in [-0.05, 0) is 19.1 Å². The molecule has 1 unspecified atom stereocenters. The van der Waals surface area contributed by atoms with Gasteiger partial charge in [0.25, 0.3) is 5.91 Å². The Morgan fingerprint density at radius 3 is 2.70 bits per heavy atom. The molecule has 0 aliphatic carbocycles. The normalized spacial score (nSPS) is 17.1. The van der Waals surface area contributed by atoms with Crippen LogP contribution in [0.1, 0.15) is 22.3 Å². The first-order valence-electron chi connectivity index (χ1n) is 7.56. The fourth-order valence-corrected chi connectivity index (χ4v) is 2.62. The molecule has 1 atom stereocenters. The maximum Gasteiger partial charge on any atom is 0.253 e. The number of hydrogen-bond acceptors (Lipinski definition) is 5. The predicted molar refractivity (Wildman–Crippen MR) is 84.7 cm³/mol. The van der Waals surface area contributed by atoms with Crippen LogP contribution < -0.4 is 9.47 Å². The second-order valence-corrected chi connectivity index (χ2v) is 5.56. The Morgan fingerprint density at radius 2 is 2.00 bits per heavy atom. The molecule has 120 valence electrons. The highest BCUT2D eigenvalue weighted by atomic mass is 16.5. The number of nitrogens with zero attached hydrogens (tertiary/aromatic N) is 3. The van der Waals surface area contributed by atoms with Gasteiger partial charge in [-0.1, -0.05) is 17.7 Å². The van der Waals surface area contributed by atoms with Gasteiger partial charge in [0.1, 0.15) is 6.10 Å². The third-order valence-electron chi connectivity index (χ3n) is 3.81. The first-order valence-corrected chi connectivity index (χ1v) is 7.56. The van der Waals surface area contributed by atoms with Crippen molar-refractivity contribution in [3.8, 4) is 11.8 Å². The highest BCUT2D eigenvalue weighted by molar-refractivity contribution is 5.94. The third-order valence-corrected chi connectivity index (χ3v) is 3.81. The van der Waals surface area contributed by atoms with Gasteiger partial charge in [0, 0.05) is 30.7 Å². The maximum absolute atomic E-state index is 12.5. The molecule has 0 spiro atoms. The van der Waals surface area contributed by atoms with Crippen LogP contribution in [0.15, 0.2) is 36.4 Å². The van der Waals surface area contributed by atoms with Crippen LogP contribution in [0.3, 0.4) is 0 Å². The van der Waals surface area contributed by atoms with E-state index in [-0.39, 0.29) is 12.0 Å². The molecule has 6 nitrogen and oxygen atoms in total. The number of benzene rings is 1. The van der Waals surface area contributed by atoms with Gasteiger partial charge in [0.05, 0.1) is 13.7 Å². The van der Waals surface area contributed by atoms with Gasteiger partial charge < -0.3 is 14.4 Å². The lowest BCUT2D eigenvalue weighted by Gasteiger charge is -2.17. The lowest BCUT2D eigenvalue weighted by Crippen LogP contribution is -2.31. The Kier molecular flexibility index (Phi) is 4.41. The van der Waals surface area contributed by atoms with Crippen molar-refractivity contribution < 1.29 is 14.3 Å². The summed E-state index contributed by atoms with van der Waals surface area (Å²) in [6, 6.07) is 11.1. The van der Waals surface area contributed by atoms with E-state index in [1.54, 1.807) is 12.1 Å². The van der Waals surface area contributed by atoms with Crippen LogP contribution in [0.25, 0.3) is 0 Å². The van der Waals surface area contributed by atoms with E-state index in [2.05, 4.69) is 10.2 Å². The van der Waals surface area contributed by atoms with E-state index < -0.39 is 0 Å². The van der Waals surface area contributed by atoms with Crippen molar-refractivity contribution in [2.24, 2.45) is 0 Å². The van der Waals surface area contributed by atoms with E-state index in [1.807, 2.05) is 36.1 Å². The van der Waals surface area contributed by atoms with Gasteiger partial charge in [-0.25, -0.2) is 0 Å². The van der Waals surface area contributed by atoms with E-state index in [0.29, 0.717) is 24.8 Å². The Morgan fingerprint density at radius 1 is 1.22 bits per heavy atom. The average Bonchev–Trinajstić information content (AvgIpc) is 3.03. The molecule has 1 saturated heterocycles. The molecule has 2 aromatic rings. The van der Waals surface area contributed by atoms with Gasteiger partial charge in [0.15, 0.2) is 0 Å². The second kappa shape index (κ2) is 6.64. The van der Waals surface area contributed by atoms with Gasteiger partial charge in [-0.15, -0.1) is 10.2 Å². The minimum absolute atomic E-state index is 0.0422. The molecule has 0 bridgehead atoms. The standard InChI is InChI=1S/C17H19N3O3/c1-12-4-3-5-13(10-12)17(21)20-9-8-14(11-20)23-16-7-6-15(22-2)18-19-16/h3-7,10,14H,8-9,11H2,1-2H3. The first-order chi connectivity index (χ1) is 11.2. The number of ether oxygens (including phenoxy) is 2. The summed E-state index contributed by atoms with van der Waals surface area (Å²) in [6.07, 6.45) is 0.720. The van der Waals surface area contributed by atoms with Crippen LogP contribution in [-0.2, 0) is 0 Å². The summed E-state index contributed by atoms with van der Waals surface area (Å²) in [6.45, 7) is 3.22. The Labute approximate surface area is 135 Å². The van der Waals surface area contributed by atoms with Crippen molar-refractivity contribution >= 4 is 5.91 Å². The molecule has 1 amide bonds. The van der Waals surface area contributed by atoms with E-state index in [9.17, 15) is 4.79 Å². The highest BCUT2D eigenvalue weighted by Crippen LogP contribution is 2.19. The van der Waals surface area contributed by atoms with Crippen molar-refractivity contribution in [2.45, 2.75) is 19.4 Å². The summed E-state index contributed by atoms with van der Waals surface area (Å²) in [5.41, 5.74) is 1.80. The van der Waals surface area contributed by atoms with Crippen LogP contribution in [0.2, 0.25) is 0 Å². The maximum atomic E-state index is 12.5.